The summed E-state index contributed by atoms with van der Waals surface area (Å²) in [6.45, 7) is 11.7. The Morgan fingerprint density at radius 1 is 1.03 bits per heavy atom. The Bertz CT molecular complexity index is 1000. The Labute approximate surface area is 190 Å². The number of esters is 1. The van der Waals surface area contributed by atoms with Crippen molar-refractivity contribution in [1.29, 1.82) is 0 Å². The Morgan fingerprint density at radius 3 is 2.16 bits per heavy atom. The Kier molecular flexibility index (Phi) is 6.59. The summed E-state index contributed by atoms with van der Waals surface area (Å²) in [6, 6.07) is 15.6. The van der Waals surface area contributed by atoms with Crippen molar-refractivity contribution in [2.24, 2.45) is 5.41 Å². The molecule has 1 fully saturated rings. The van der Waals surface area contributed by atoms with E-state index in [1.54, 1.807) is 0 Å². The van der Waals surface area contributed by atoms with Crippen molar-refractivity contribution < 1.29 is 19.1 Å². The fraction of sp³-hybridized carbons (Fsp3) is 0.444. The first-order valence-electron chi connectivity index (χ1n) is 11.1. The summed E-state index contributed by atoms with van der Waals surface area (Å²) in [5.41, 5.74) is 2.60. The van der Waals surface area contributed by atoms with Crippen LogP contribution in [0.5, 0.6) is 0 Å². The molecule has 2 aromatic carbocycles. The SMILES string of the molecule is Cc1ccc(CN2C(=O)C[C@@](C)([C@H](C)c3ccc(CC(=O)OC(C)(C)C)cc3)C2=O)cc1. The molecule has 0 unspecified atom stereocenters. The van der Waals surface area contributed by atoms with Crippen LogP contribution in [-0.2, 0) is 32.1 Å². The largest absolute Gasteiger partial charge is 0.460 e. The van der Waals surface area contributed by atoms with E-state index in [9.17, 15) is 14.4 Å². The molecule has 1 aliphatic heterocycles. The molecule has 2 atom stereocenters. The monoisotopic (exact) mass is 435 g/mol. The minimum atomic E-state index is -0.797. The molecule has 170 valence electrons. The number of imide groups is 1. The van der Waals surface area contributed by atoms with Gasteiger partial charge in [-0.3, -0.25) is 19.3 Å². The molecule has 0 N–H and O–H groups in total. The van der Waals surface area contributed by atoms with Crippen LogP contribution < -0.4 is 0 Å². The Balaban J connectivity index is 1.71. The Morgan fingerprint density at radius 2 is 1.59 bits per heavy atom. The van der Waals surface area contributed by atoms with Gasteiger partial charge in [0.15, 0.2) is 0 Å². The van der Waals surface area contributed by atoms with E-state index >= 15 is 0 Å². The zero-order chi connectivity index (χ0) is 23.7. The van der Waals surface area contributed by atoms with Crippen LogP contribution >= 0.6 is 0 Å². The molecule has 0 bridgehead atoms. The van der Waals surface area contributed by atoms with Crippen molar-refractivity contribution in [2.45, 2.75) is 72.4 Å². The van der Waals surface area contributed by atoms with E-state index < -0.39 is 11.0 Å². The van der Waals surface area contributed by atoms with Crippen LogP contribution in [0.3, 0.4) is 0 Å². The van der Waals surface area contributed by atoms with Gasteiger partial charge in [-0.25, -0.2) is 0 Å². The standard InChI is InChI=1S/C27H33NO4/c1-18-7-9-21(10-8-18)17-28-23(29)16-27(6,25(28)31)19(2)22-13-11-20(12-14-22)15-24(30)32-26(3,4)5/h7-14,19H,15-17H2,1-6H3/t19-,27+/m1/s1. The number of hydrogen-bond acceptors (Lipinski definition) is 4. The minimum absolute atomic E-state index is 0.131. The predicted octanol–water partition coefficient (Wildman–Crippen LogP) is 4.95. The highest BCUT2D eigenvalue weighted by Gasteiger charge is 2.51. The van der Waals surface area contributed by atoms with Crippen molar-refractivity contribution >= 4 is 17.8 Å². The molecule has 3 rings (SSSR count). The van der Waals surface area contributed by atoms with Crippen molar-refractivity contribution in [3.8, 4) is 0 Å². The first-order valence-corrected chi connectivity index (χ1v) is 11.1. The van der Waals surface area contributed by atoms with Crippen LogP contribution in [0.1, 0.15) is 69.2 Å². The molecule has 1 saturated heterocycles. The zero-order valence-corrected chi connectivity index (χ0v) is 19.9. The van der Waals surface area contributed by atoms with Gasteiger partial charge in [0.2, 0.25) is 11.8 Å². The topological polar surface area (TPSA) is 63.7 Å². The van der Waals surface area contributed by atoms with Crippen LogP contribution in [0.2, 0.25) is 0 Å². The molecule has 5 heteroatoms. The lowest BCUT2D eigenvalue weighted by molar-refractivity contribution is -0.154. The summed E-state index contributed by atoms with van der Waals surface area (Å²) in [6.07, 6.45) is 0.392. The highest BCUT2D eigenvalue weighted by atomic mass is 16.6. The summed E-state index contributed by atoms with van der Waals surface area (Å²) >= 11 is 0. The molecule has 0 saturated carbocycles. The fourth-order valence-corrected chi connectivity index (χ4v) is 4.12. The fourth-order valence-electron chi connectivity index (χ4n) is 4.12. The molecule has 32 heavy (non-hydrogen) atoms. The maximum absolute atomic E-state index is 13.3. The van der Waals surface area contributed by atoms with Gasteiger partial charge in [0, 0.05) is 6.42 Å². The molecule has 5 nitrogen and oxygen atoms in total. The second kappa shape index (κ2) is 8.89. The third-order valence-corrected chi connectivity index (χ3v) is 6.22. The molecule has 0 aromatic heterocycles. The van der Waals surface area contributed by atoms with Crippen LogP contribution in [0.15, 0.2) is 48.5 Å². The molecular formula is C27H33NO4. The van der Waals surface area contributed by atoms with E-state index in [0.29, 0.717) is 6.54 Å². The van der Waals surface area contributed by atoms with E-state index in [0.717, 1.165) is 22.3 Å². The summed E-state index contributed by atoms with van der Waals surface area (Å²) in [7, 11) is 0. The number of amides is 2. The van der Waals surface area contributed by atoms with Crippen LogP contribution in [0.4, 0.5) is 0 Å². The van der Waals surface area contributed by atoms with E-state index in [4.69, 9.17) is 4.74 Å². The van der Waals surface area contributed by atoms with E-state index in [-0.39, 0.29) is 36.5 Å². The molecule has 2 amide bonds. The summed E-state index contributed by atoms with van der Waals surface area (Å²) in [4.78, 5) is 39.5. The number of nitrogens with zero attached hydrogens (tertiary/aromatic N) is 1. The number of likely N-dealkylation sites (tertiary alicyclic amines) is 1. The number of hydrogen-bond donors (Lipinski definition) is 0. The van der Waals surface area contributed by atoms with Crippen molar-refractivity contribution in [3.05, 3.63) is 70.8 Å². The first-order chi connectivity index (χ1) is 14.9. The molecule has 1 aliphatic rings. The average Bonchev–Trinajstić information content (AvgIpc) is 2.92. The number of ether oxygens (including phenoxy) is 1. The minimum Gasteiger partial charge on any atom is -0.460 e. The van der Waals surface area contributed by atoms with Crippen molar-refractivity contribution in [2.75, 3.05) is 0 Å². The number of benzene rings is 2. The van der Waals surface area contributed by atoms with Gasteiger partial charge in [0.1, 0.15) is 5.60 Å². The second-order valence-electron chi connectivity index (χ2n) is 10.1. The lowest BCUT2D eigenvalue weighted by Gasteiger charge is -2.29. The third-order valence-electron chi connectivity index (χ3n) is 6.22. The van der Waals surface area contributed by atoms with Gasteiger partial charge in [0.05, 0.1) is 18.4 Å². The number of carbonyl (C=O) groups is 3. The van der Waals surface area contributed by atoms with E-state index in [2.05, 4.69) is 0 Å². The predicted molar refractivity (Wildman–Crippen MR) is 124 cm³/mol. The van der Waals surface area contributed by atoms with Gasteiger partial charge in [-0.1, -0.05) is 61.0 Å². The van der Waals surface area contributed by atoms with Crippen molar-refractivity contribution in [1.82, 2.24) is 4.90 Å². The van der Waals surface area contributed by atoms with Gasteiger partial charge in [-0.2, -0.15) is 0 Å². The highest BCUT2D eigenvalue weighted by molar-refractivity contribution is 6.06. The van der Waals surface area contributed by atoms with Gasteiger partial charge < -0.3 is 4.74 Å². The zero-order valence-electron chi connectivity index (χ0n) is 19.9. The smallest absolute Gasteiger partial charge is 0.310 e. The molecule has 0 radical (unpaired) electrons. The second-order valence-corrected chi connectivity index (χ2v) is 10.1. The molecule has 1 heterocycles. The summed E-state index contributed by atoms with van der Waals surface area (Å²) in [5.74, 6) is -0.675. The van der Waals surface area contributed by atoms with Gasteiger partial charge in [-0.15, -0.1) is 0 Å². The summed E-state index contributed by atoms with van der Waals surface area (Å²) in [5, 5.41) is 0. The van der Waals surface area contributed by atoms with E-state index in [1.165, 1.54) is 4.90 Å². The number of rotatable bonds is 6. The Hall–Kier alpha value is -2.95. The quantitative estimate of drug-likeness (QED) is 0.476. The number of carbonyl (C=O) groups excluding carboxylic acids is 3. The van der Waals surface area contributed by atoms with Gasteiger partial charge in [0.25, 0.3) is 0 Å². The lowest BCUT2D eigenvalue weighted by atomic mass is 9.73. The van der Waals surface area contributed by atoms with Crippen LogP contribution in [-0.4, -0.2) is 28.3 Å². The number of aryl methyl sites for hydroxylation is 1. The lowest BCUT2D eigenvalue weighted by Crippen LogP contribution is -2.36. The van der Waals surface area contributed by atoms with Gasteiger partial charge in [-0.05, 0) is 57.2 Å². The molecular weight excluding hydrogens is 402 g/mol. The summed E-state index contributed by atoms with van der Waals surface area (Å²) < 4.78 is 5.38. The van der Waals surface area contributed by atoms with Crippen molar-refractivity contribution in [3.63, 3.8) is 0 Å². The first kappa shape index (κ1) is 23.7. The highest BCUT2D eigenvalue weighted by Crippen LogP contribution is 2.45. The maximum Gasteiger partial charge on any atom is 0.310 e. The third kappa shape index (κ3) is 5.26. The molecule has 0 spiro atoms. The average molecular weight is 436 g/mol. The molecule has 2 aromatic rings. The van der Waals surface area contributed by atoms with Crippen LogP contribution in [0, 0.1) is 12.3 Å². The van der Waals surface area contributed by atoms with E-state index in [1.807, 2.05) is 90.1 Å². The normalized spacial score (nSPS) is 19.9. The molecule has 0 aliphatic carbocycles. The van der Waals surface area contributed by atoms with Gasteiger partial charge >= 0.3 is 5.97 Å². The maximum atomic E-state index is 13.3. The van der Waals surface area contributed by atoms with Crippen LogP contribution in [0.25, 0.3) is 0 Å².